The lowest BCUT2D eigenvalue weighted by atomic mass is 10.1. The molecule has 1 atom stereocenters. The van der Waals surface area contributed by atoms with Gasteiger partial charge < -0.3 is 10.4 Å². The van der Waals surface area contributed by atoms with E-state index in [-0.39, 0.29) is 0 Å². The average Bonchev–Trinajstić information content (AvgIpc) is 3.20. The van der Waals surface area contributed by atoms with Crippen molar-refractivity contribution in [3.05, 3.63) is 76.8 Å². The number of thiophene rings is 1. The highest BCUT2D eigenvalue weighted by atomic mass is 32.1. The summed E-state index contributed by atoms with van der Waals surface area (Å²) in [6.45, 7) is 1.71. The largest absolute Gasteiger partial charge is 0.480 e. The van der Waals surface area contributed by atoms with E-state index in [9.17, 15) is 9.59 Å². The summed E-state index contributed by atoms with van der Waals surface area (Å²) in [5.41, 5.74) is 2.09. The number of hydrogen-bond acceptors (Lipinski definition) is 4. The number of aromatic nitrogens is 1. The van der Waals surface area contributed by atoms with Crippen molar-refractivity contribution in [1.82, 2.24) is 10.3 Å². The number of nitrogens with zero attached hydrogens (tertiary/aromatic N) is 1. The third kappa shape index (κ3) is 4.84. The molecule has 3 aromatic rings. The molecule has 0 saturated heterocycles. The van der Waals surface area contributed by atoms with Crippen LogP contribution in [0.25, 0.3) is 10.6 Å². The number of benzene rings is 1. The summed E-state index contributed by atoms with van der Waals surface area (Å²) in [5.74, 6) is 4.74. The fourth-order valence-electron chi connectivity index (χ4n) is 2.47. The number of carboxylic acid groups (broad SMARTS) is 1. The topological polar surface area (TPSA) is 79.3 Å². The van der Waals surface area contributed by atoms with Crippen LogP contribution in [0, 0.1) is 11.8 Å². The van der Waals surface area contributed by atoms with Crippen molar-refractivity contribution in [3.63, 3.8) is 0 Å². The summed E-state index contributed by atoms with van der Waals surface area (Å²) in [5, 5.41) is 11.5. The highest BCUT2D eigenvalue weighted by Gasteiger charge is 2.18. The van der Waals surface area contributed by atoms with Gasteiger partial charge in [0.1, 0.15) is 6.04 Å². The second-order valence-electron chi connectivity index (χ2n) is 5.98. The first kappa shape index (κ1) is 19.3. The molecule has 0 fully saturated rings. The number of carbonyl (C=O) groups is 2. The van der Waals surface area contributed by atoms with E-state index in [0.717, 1.165) is 21.0 Å². The molecule has 0 bridgehead atoms. The molecule has 0 unspecified atom stereocenters. The Morgan fingerprint density at radius 1 is 1.11 bits per heavy atom. The summed E-state index contributed by atoms with van der Waals surface area (Å²) in [4.78, 5) is 29.5. The van der Waals surface area contributed by atoms with Crippen LogP contribution in [0.4, 0.5) is 0 Å². The molecule has 0 radical (unpaired) electrons. The number of hydrogen-bond donors (Lipinski definition) is 2. The van der Waals surface area contributed by atoms with E-state index >= 15 is 0 Å². The Morgan fingerprint density at radius 3 is 2.54 bits per heavy atom. The van der Waals surface area contributed by atoms with Crippen LogP contribution in [0.5, 0.6) is 0 Å². The molecule has 2 N–H and O–H groups in total. The normalized spacial score (nSPS) is 11.2. The summed E-state index contributed by atoms with van der Waals surface area (Å²) in [7, 11) is 0. The molecule has 2 aromatic heterocycles. The summed E-state index contributed by atoms with van der Waals surface area (Å²) in [6.07, 6.45) is 2.09. The van der Waals surface area contributed by atoms with Gasteiger partial charge in [0.2, 0.25) is 0 Å². The molecule has 6 heteroatoms. The summed E-state index contributed by atoms with van der Waals surface area (Å²) >= 11 is 1.57. The van der Waals surface area contributed by atoms with E-state index in [1.165, 1.54) is 0 Å². The predicted molar refractivity (Wildman–Crippen MR) is 109 cm³/mol. The van der Waals surface area contributed by atoms with Crippen LogP contribution < -0.4 is 5.32 Å². The standard InChI is InChI=1S/C22H18N2O3S/c1-2-18(22(26)27)24-21(25)16-9-6-15(7-10-16)8-11-17-12-13-20(28-17)19-5-3-4-14-23-19/h3-7,9-10,12-14,18H,2H2,1H3,(H,24,25)(H,26,27)/t18-/m0/s1. The number of amides is 1. The zero-order valence-corrected chi connectivity index (χ0v) is 16.0. The van der Waals surface area contributed by atoms with Crippen LogP contribution in [-0.4, -0.2) is 28.0 Å². The van der Waals surface area contributed by atoms with Gasteiger partial charge in [-0.25, -0.2) is 4.79 Å². The van der Waals surface area contributed by atoms with Crippen molar-refractivity contribution in [2.75, 3.05) is 0 Å². The highest BCUT2D eigenvalue weighted by molar-refractivity contribution is 7.16. The van der Waals surface area contributed by atoms with Gasteiger partial charge in [-0.05, 0) is 55.0 Å². The van der Waals surface area contributed by atoms with Crippen molar-refractivity contribution in [1.29, 1.82) is 0 Å². The Kier molecular flexibility index (Phi) is 6.20. The molecule has 0 saturated carbocycles. The van der Waals surface area contributed by atoms with E-state index in [2.05, 4.69) is 22.1 Å². The maximum atomic E-state index is 12.1. The van der Waals surface area contributed by atoms with Crippen LogP contribution in [0.1, 0.15) is 34.1 Å². The summed E-state index contributed by atoms with van der Waals surface area (Å²) < 4.78 is 0. The second kappa shape index (κ2) is 8.98. The Labute approximate surface area is 167 Å². The maximum Gasteiger partial charge on any atom is 0.326 e. The molecule has 0 aliphatic rings. The number of carbonyl (C=O) groups excluding carboxylic acids is 1. The van der Waals surface area contributed by atoms with Gasteiger partial charge in [0.15, 0.2) is 0 Å². The molecular weight excluding hydrogens is 372 g/mol. The van der Waals surface area contributed by atoms with Gasteiger partial charge >= 0.3 is 5.97 Å². The molecule has 0 aliphatic carbocycles. The van der Waals surface area contributed by atoms with E-state index in [0.29, 0.717) is 12.0 Å². The summed E-state index contributed by atoms with van der Waals surface area (Å²) in [6, 6.07) is 15.6. The average molecular weight is 390 g/mol. The molecule has 0 aliphatic heterocycles. The van der Waals surface area contributed by atoms with E-state index < -0.39 is 17.9 Å². The molecule has 0 spiro atoms. The van der Waals surface area contributed by atoms with Crippen LogP contribution in [-0.2, 0) is 4.79 Å². The second-order valence-corrected chi connectivity index (χ2v) is 7.06. The van der Waals surface area contributed by atoms with Crippen LogP contribution in [0.2, 0.25) is 0 Å². The number of aliphatic carboxylic acids is 1. The molecule has 1 aromatic carbocycles. The predicted octanol–water partition coefficient (Wildman–Crippen LogP) is 3.80. The first-order chi connectivity index (χ1) is 13.6. The molecule has 2 heterocycles. The zero-order valence-electron chi connectivity index (χ0n) is 15.2. The highest BCUT2D eigenvalue weighted by Crippen LogP contribution is 2.25. The first-order valence-electron chi connectivity index (χ1n) is 8.74. The van der Waals surface area contributed by atoms with E-state index in [1.807, 2.05) is 30.3 Å². The molecule has 3 rings (SSSR count). The van der Waals surface area contributed by atoms with Gasteiger partial charge in [-0.1, -0.05) is 24.8 Å². The molecule has 28 heavy (non-hydrogen) atoms. The minimum Gasteiger partial charge on any atom is -0.480 e. The number of carboxylic acids is 1. The van der Waals surface area contributed by atoms with Crippen LogP contribution in [0.3, 0.4) is 0 Å². The lowest BCUT2D eigenvalue weighted by Crippen LogP contribution is -2.40. The monoisotopic (exact) mass is 390 g/mol. The first-order valence-corrected chi connectivity index (χ1v) is 9.55. The van der Waals surface area contributed by atoms with E-state index in [4.69, 9.17) is 5.11 Å². The fourth-order valence-corrected chi connectivity index (χ4v) is 3.31. The van der Waals surface area contributed by atoms with Gasteiger partial charge in [-0.15, -0.1) is 11.3 Å². The Morgan fingerprint density at radius 2 is 1.89 bits per heavy atom. The van der Waals surface area contributed by atoms with Gasteiger partial charge in [0.25, 0.3) is 5.91 Å². The van der Waals surface area contributed by atoms with Crippen LogP contribution >= 0.6 is 11.3 Å². The third-order valence-corrected chi connectivity index (χ3v) is 5.04. The van der Waals surface area contributed by atoms with Crippen molar-refractivity contribution >= 4 is 23.2 Å². The maximum absolute atomic E-state index is 12.1. The SMILES string of the molecule is CC[C@H](NC(=O)c1ccc(C#Cc2ccc(-c3ccccn3)s2)cc1)C(=O)O. The lowest BCUT2D eigenvalue weighted by Gasteiger charge is -2.12. The molecule has 140 valence electrons. The number of pyridine rings is 1. The molecule has 5 nitrogen and oxygen atoms in total. The van der Waals surface area contributed by atoms with Gasteiger partial charge in [0, 0.05) is 17.3 Å². The Bertz CT molecular complexity index is 1030. The Balaban J connectivity index is 1.68. The fraction of sp³-hybridized carbons (Fsp3) is 0.136. The number of rotatable bonds is 5. The smallest absolute Gasteiger partial charge is 0.326 e. The number of nitrogens with one attached hydrogen (secondary N) is 1. The van der Waals surface area contributed by atoms with Crippen molar-refractivity contribution in [2.45, 2.75) is 19.4 Å². The quantitative estimate of drug-likeness (QED) is 0.650. The van der Waals surface area contributed by atoms with Gasteiger partial charge in [-0.3, -0.25) is 9.78 Å². The molecule has 1 amide bonds. The Hall–Kier alpha value is -3.43. The minimum absolute atomic E-state index is 0.325. The molecular formula is C22H18N2O3S. The van der Waals surface area contributed by atoms with E-state index in [1.54, 1.807) is 48.7 Å². The zero-order chi connectivity index (χ0) is 19.9. The van der Waals surface area contributed by atoms with Crippen molar-refractivity contribution < 1.29 is 14.7 Å². The van der Waals surface area contributed by atoms with Crippen molar-refractivity contribution in [3.8, 4) is 22.4 Å². The third-order valence-electron chi connectivity index (χ3n) is 4.01. The van der Waals surface area contributed by atoms with Gasteiger partial charge in [0.05, 0.1) is 15.4 Å². The lowest BCUT2D eigenvalue weighted by molar-refractivity contribution is -0.139. The van der Waals surface area contributed by atoms with Crippen LogP contribution in [0.15, 0.2) is 60.8 Å². The van der Waals surface area contributed by atoms with Gasteiger partial charge in [-0.2, -0.15) is 0 Å². The van der Waals surface area contributed by atoms with Crippen molar-refractivity contribution in [2.24, 2.45) is 0 Å². The minimum atomic E-state index is -1.04.